The molecular formula is C52H38S. The summed E-state index contributed by atoms with van der Waals surface area (Å²) in [5.41, 5.74) is 11.8. The highest BCUT2D eigenvalue weighted by molar-refractivity contribution is 7.26. The van der Waals surface area contributed by atoms with E-state index in [2.05, 4.69) is 146 Å². The highest BCUT2D eigenvalue weighted by Gasteiger charge is 2.62. The maximum atomic E-state index is 2.61. The average Bonchev–Trinajstić information content (AvgIpc) is 3.73. The van der Waals surface area contributed by atoms with Crippen LogP contribution in [0.4, 0.5) is 0 Å². The molecule has 4 saturated carbocycles. The molecule has 14 rings (SSSR count). The largest absolute Gasteiger partial charge is 0.135 e. The zero-order chi connectivity index (χ0) is 34.4. The Bertz CT molecular complexity index is 2940. The molecule has 0 atom stereocenters. The van der Waals surface area contributed by atoms with Crippen LogP contribution in [0.5, 0.6) is 0 Å². The number of benzene rings is 8. The summed E-state index contributed by atoms with van der Waals surface area (Å²) < 4.78 is 2.72. The normalized spacial score (nSPS) is 23.9. The van der Waals surface area contributed by atoms with Gasteiger partial charge < -0.3 is 0 Å². The molecule has 53 heavy (non-hydrogen) atoms. The summed E-state index contributed by atoms with van der Waals surface area (Å²) in [6.07, 6.45) is 7.09. The molecule has 4 fully saturated rings. The molecule has 8 aromatic carbocycles. The molecule has 0 amide bonds. The molecule has 9 aromatic rings. The third-order valence-corrected chi connectivity index (χ3v) is 15.6. The number of thiophene rings is 1. The van der Waals surface area contributed by atoms with Gasteiger partial charge in [0.2, 0.25) is 0 Å². The molecule has 1 heteroatoms. The number of hydrogen-bond acceptors (Lipinski definition) is 1. The molecule has 1 spiro atoms. The third kappa shape index (κ3) is 3.72. The minimum atomic E-state index is 0.133. The van der Waals surface area contributed by atoms with E-state index in [4.69, 9.17) is 0 Å². The predicted octanol–water partition coefficient (Wildman–Crippen LogP) is 14.6. The van der Waals surface area contributed by atoms with Crippen molar-refractivity contribution in [1.29, 1.82) is 0 Å². The fourth-order valence-corrected chi connectivity index (χ4v) is 14.0. The fraction of sp³-hybridized carbons (Fsp3) is 0.192. The Hall–Kier alpha value is -5.24. The van der Waals surface area contributed by atoms with Crippen molar-refractivity contribution in [3.05, 3.63) is 157 Å². The zero-order valence-electron chi connectivity index (χ0n) is 29.6. The molecule has 0 saturated heterocycles. The summed E-state index contributed by atoms with van der Waals surface area (Å²) in [6, 6.07) is 56.1. The van der Waals surface area contributed by atoms with Gasteiger partial charge in [-0.1, -0.05) is 133 Å². The highest BCUT2D eigenvalue weighted by atomic mass is 32.1. The first kappa shape index (κ1) is 29.2. The predicted molar refractivity (Wildman–Crippen MR) is 226 cm³/mol. The van der Waals surface area contributed by atoms with Crippen LogP contribution in [0.25, 0.3) is 85.9 Å². The van der Waals surface area contributed by atoms with E-state index in [1.165, 1.54) is 118 Å². The fourth-order valence-electron chi connectivity index (χ4n) is 12.8. The third-order valence-electron chi connectivity index (χ3n) is 14.4. The van der Waals surface area contributed by atoms with Crippen molar-refractivity contribution in [2.24, 2.45) is 23.7 Å². The van der Waals surface area contributed by atoms with E-state index in [0.29, 0.717) is 0 Å². The van der Waals surface area contributed by atoms with Crippen molar-refractivity contribution < 1.29 is 0 Å². The van der Waals surface area contributed by atoms with E-state index in [0.717, 1.165) is 23.7 Å². The SMILES string of the molecule is c1ccc2c3c(ccc2c1)-c1cc(-c2c4ccccc4c(-c4cccc5c4sc4ccccc45)c4ccccc24)ccc1C31C2CC3CC(C2)CC1C3. The standard InChI is InChI=1S/C52H38S/c1-2-11-36-32(10-1)20-22-42-45-29-33(21-23-46(45)52(50(36)42)34-25-30-24-31(27-34)28-35(52)26-30)48-38-13-3-5-15-40(38)49(41-16-6-4-14-39(41)48)44-18-9-17-43-37-12-7-8-19-47(37)53-51(43)44/h1-23,29-31,34-35H,24-28H2. The lowest BCUT2D eigenvalue weighted by Gasteiger charge is -2.61. The second kappa shape index (κ2) is 10.5. The van der Waals surface area contributed by atoms with Crippen molar-refractivity contribution in [1.82, 2.24) is 0 Å². The summed E-state index contributed by atoms with van der Waals surface area (Å²) in [6.45, 7) is 0. The van der Waals surface area contributed by atoms with Crippen molar-refractivity contribution in [3.8, 4) is 33.4 Å². The summed E-state index contributed by atoms with van der Waals surface area (Å²) >= 11 is 1.93. The molecule has 252 valence electrons. The van der Waals surface area contributed by atoms with Gasteiger partial charge in [0, 0.05) is 31.2 Å². The van der Waals surface area contributed by atoms with Gasteiger partial charge in [0.15, 0.2) is 0 Å². The Balaban J connectivity index is 1.09. The monoisotopic (exact) mass is 694 g/mol. The first-order valence-corrected chi connectivity index (χ1v) is 20.6. The molecule has 4 bridgehead atoms. The molecular weight excluding hydrogens is 657 g/mol. The minimum absolute atomic E-state index is 0.133. The lowest BCUT2D eigenvalue weighted by atomic mass is 9.43. The van der Waals surface area contributed by atoms with E-state index in [1.54, 1.807) is 11.1 Å². The van der Waals surface area contributed by atoms with E-state index in [1.807, 2.05) is 11.3 Å². The minimum Gasteiger partial charge on any atom is -0.135 e. The lowest BCUT2D eigenvalue weighted by Crippen LogP contribution is -2.55. The van der Waals surface area contributed by atoms with E-state index in [9.17, 15) is 0 Å². The Morgan fingerprint density at radius 1 is 0.434 bits per heavy atom. The van der Waals surface area contributed by atoms with Gasteiger partial charge in [0.25, 0.3) is 0 Å². The van der Waals surface area contributed by atoms with Crippen LogP contribution in [0.3, 0.4) is 0 Å². The van der Waals surface area contributed by atoms with Gasteiger partial charge in [-0.3, -0.25) is 0 Å². The quantitative estimate of drug-likeness (QED) is 0.158. The van der Waals surface area contributed by atoms with Gasteiger partial charge in [-0.2, -0.15) is 0 Å². The summed E-state index contributed by atoms with van der Waals surface area (Å²) in [5.74, 6) is 3.35. The van der Waals surface area contributed by atoms with Crippen molar-refractivity contribution in [3.63, 3.8) is 0 Å². The van der Waals surface area contributed by atoms with Crippen LogP contribution in [0.15, 0.2) is 146 Å². The van der Waals surface area contributed by atoms with Gasteiger partial charge >= 0.3 is 0 Å². The first-order chi connectivity index (χ1) is 26.3. The van der Waals surface area contributed by atoms with E-state index < -0.39 is 0 Å². The Kier molecular flexibility index (Phi) is 5.77. The lowest BCUT2D eigenvalue weighted by molar-refractivity contribution is -0.0393. The van der Waals surface area contributed by atoms with Crippen LogP contribution in [0.2, 0.25) is 0 Å². The molecule has 1 aromatic heterocycles. The smallest absolute Gasteiger partial charge is 0.0434 e. The average molecular weight is 695 g/mol. The van der Waals surface area contributed by atoms with Crippen LogP contribution in [-0.2, 0) is 5.41 Å². The number of rotatable bonds is 2. The first-order valence-electron chi connectivity index (χ1n) is 19.8. The molecule has 0 radical (unpaired) electrons. The van der Waals surface area contributed by atoms with E-state index in [-0.39, 0.29) is 5.41 Å². The maximum absolute atomic E-state index is 2.61. The van der Waals surface area contributed by atoms with Crippen LogP contribution in [0.1, 0.15) is 43.2 Å². The van der Waals surface area contributed by atoms with Crippen molar-refractivity contribution >= 4 is 63.8 Å². The zero-order valence-corrected chi connectivity index (χ0v) is 30.4. The number of hydrogen-bond donors (Lipinski definition) is 0. The highest BCUT2D eigenvalue weighted by Crippen LogP contribution is 2.70. The van der Waals surface area contributed by atoms with Crippen LogP contribution in [0, 0.1) is 23.7 Å². The van der Waals surface area contributed by atoms with Crippen molar-refractivity contribution in [2.45, 2.75) is 37.5 Å². The molecule has 5 aliphatic rings. The molecule has 0 N–H and O–H groups in total. The topological polar surface area (TPSA) is 0 Å². The Labute approximate surface area is 313 Å². The number of fused-ring (bicyclic) bond motifs is 10. The Morgan fingerprint density at radius 2 is 1.04 bits per heavy atom. The molecule has 0 aliphatic heterocycles. The van der Waals surface area contributed by atoms with Crippen LogP contribution in [-0.4, -0.2) is 0 Å². The summed E-state index contributed by atoms with van der Waals surface area (Å²) in [7, 11) is 0. The summed E-state index contributed by atoms with van der Waals surface area (Å²) in [4.78, 5) is 0. The maximum Gasteiger partial charge on any atom is 0.0434 e. The second-order valence-electron chi connectivity index (χ2n) is 16.8. The van der Waals surface area contributed by atoms with E-state index >= 15 is 0 Å². The Morgan fingerprint density at radius 3 is 1.75 bits per heavy atom. The summed E-state index contributed by atoms with van der Waals surface area (Å²) in [5, 5.41) is 10.9. The van der Waals surface area contributed by atoms with Gasteiger partial charge in [-0.15, -0.1) is 11.3 Å². The van der Waals surface area contributed by atoms with Gasteiger partial charge in [-0.25, -0.2) is 0 Å². The van der Waals surface area contributed by atoms with Crippen LogP contribution >= 0.6 is 11.3 Å². The van der Waals surface area contributed by atoms with Crippen molar-refractivity contribution in [2.75, 3.05) is 0 Å². The molecule has 0 unspecified atom stereocenters. The van der Waals surface area contributed by atoms with Gasteiger partial charge in [0.1, 0.15) is 0 Å². The molecule has 1 heterocycles. The molecule has 5 aliphatic carbocycles. The second-order valence-corrected chi connectivity index (χ2v) is 17.8. The van der Waals surface area contributed by atoms with Crippen LogP contribution < -0.4 is 0 Å². The molecule has 0 nitrogen and oxygen atoms in total. The van der Waals surface area contributed by atoms with Gasteiger partial charge in [0.05, 0.1) is 0 Å². The van der Waals surface area contributed by atoms with Gasteiger partial charge in [-0.05, 0) is 139 Å².